The summed E-state index contributed by atoms with van der Waals surface area (Å²) in [6.45, 7) is 2.24. The summed E-state index contributed by atoms with van der Waals surface area (Å²) in [5, 5.41) is 0. The SMILES string of the molecule is C.C.C.C.C.C[SiH2]N[SiH3]. The Morgan fingerprint density at radius 2 is 1.11 bits per heavy atom. The molecule has 0 fully saturated rings. The van der Waals surface area contributed by atoms with Gasteiger partial charge in [0.1, 0.15) is 0 Å². The zero-order valence-electron chi connectivity index (χ0n) is 3.21. The molecule has 0 aliphatic heterocycles. The molecule has 9 heavy (non-hydrogen) atoms. The van der Waals surface area contributed by atoms with Crippen molar-refractivity contribution in [3.05, 3.63) is 0 Å². The van der Waals surface area contributed by atoms with Crippen LogP contribution in [0.5, 0.6) is 0 Å². The molecule has 0 unspecified atom stereocenters. The van der Waals surface area contributed by atoms with Crippen LogP contribution in [0.25, 0.3) is 0 Å². The minimum absolute atomic E-state index is 0. The minimum atomic E-state index is 0. The van der Waals surface area contributed by atoms with Crippen LogP contribution in [-0.2, 0) is 0 Å². The monoisotopic (exact) mass is 171 g/mol. The Kier molecular flexibility index (Phi) is 511. The molecular formula is C6H29NSi2. The second-order valence-corrected chi connectivity index (χ2v) is 4.24. The van der Waals surface area contributed by atoms with Crippen LogP contribution in [-0.4, -0.2) is 20.1 Å². The number of hydrogen-bond donors (Lipinski definition) is 1. The van der Waals surface area contributed by atoms with Gasteiger partial charge in [0.05, 0.1) is 20.1 Å². The van der Waals surface area contributed by atoms with Crippen molar-refractivity contribution in [3.63, 3.8) is 0 Å². The highest BCUT2D eigenvalue weighted by Gasteiger charge is 1.53. The highest BCUT2D eigenvalue weighted by Crippen LogP contribution is 1.28. The molecule has 0 heterocycles. The summed E-state index contributed by atoms with van der Waals surface area (Å²) in [5.41, 5.74) is 0. The molecule has 1 nitrogen and oxygen atoms in total. The second kappa shape index (κ2) is 80.1. The first-order valence-electron chi connectivity index (χ1n) is 1.56. The third-order valence-electron chi connectivity index (χ3n) is 0.354. The number of rotatable bonds is 1. The fraction of sp³-hybridized carbons (Fsp3) is 1.00. The molecule has 0 atom stereocenters. The van der Waals surface area contributed by atoms with Gasteiger partial charge in [0.2, 0.25) is 0 Å². The smallest absolute Gasteiger partial charge is 0.0811 e. The molecule has 0 saturated heterocycles. The largest absolute Gasteiger partial charge is 0.372 e. The van der Waals surface area contributed by atoms with E-state index in [-0.39, 0.29) is 46.8 Å². The first-order chi connectivity index (χ1) is 1.91. The van der Waals surface area contributed by atoms with Gasteiger partial charge in [-0.25, -0.2) is 0 Å². The number of hydrogen-bond acceptors (Lipinski definition) is 1. The maximum atomic E-state index is 3.21. The van der Waals surface area contributed by atoms with Gasteiger partial charge in [0.15, 0.2) is 0 Å². The summed E-state index contributed by atoms with van der Waals surface area (Å²) >= 11 is 0. The standard InChI is InChI=1S/CH9NSi2.5CH4/c1-4-2-3;;;;;/h2H,4H2,1,3H3;5*1H4. The summed E-state index contributed by atoms with van der Waals surface area (Å²) in [6.07, 6.45) is 0. The van der Waals surface area contributed by atoms with Crippen LogP contribution in [0.1, 0.15) is 37.1 Å². The van der Waals surface area contributed by atoms with Gasteiger partial charge in [-0.2, -0.15) is 0 Å². The third-order valence-corrected chi connectivity index (χ3v) is 3.18. The van der Waals surface area contributed by atoms with Crippen LogP contribution in [0.2, 0.25) is 6.55 Å². The van der Waals surface area contributed by atoms with Gasteiger partial charge in [-0.1, -0.05) is 43.7 Å². The van der Waals surface area contributed by atoms with Gasteiger partial charge in [0, 0.05) is 0 Å². The molecule has 0 aliphatic rings. The van der Waals surface area contributed by atoms with E-state index in [2.05, 4.69) is 11.2 Å². The van der Waals surface area contributed by atoms with E-state index in [4.69, 9.17) is 0 Å². The minimum Gasteiger partial charge on any atom is -0.372 e. The summed E-state index contributed by atoms with van der Waals surface area (Å²) < 4.78 is 3.21. The van der Waals surface area contributed by atoms with Crippen LogP contribution < -0.4 is 4.65 Å². The molecule has 0 amide bonds. The Labute approximate surface area is 69.0 Å². The molecule has 0 aromatic carbocycles. The fourth-order valence-electron chi connectivity index (χ4n) is 0. The Bertz CT molecular complexity index is 13.0. The third kappa shape index (κ3) is 177. The fourth-order valence-corrected chi connectivity index (χ4v) is 0. The summed E-state index contributed by atoms with van der Waals surface area (Å²) in [7, 11) is 1.44. The van der Waals surface area contributed by atoms with Gasteiger partial charge in [0.25, 0.3) is 0 Å². The van der Waals surface area contributed by atoms with Crippen LogP contribution in [0.15, 0.2) is 0 Å². The molecule has 0 bridgehead atoms. The quantitative estimate of drug-likeness (QED) is 0.584. The molecule has 0 spiro atoms. The van der Waals surface area contributed by atoms with Crippen molar-refractivity contribution >= 4 is 20.1 Å². The van der Waals surface area contributed by atoms with Crippen molar-refractivity contribution in [3.8, 4) is 0 Å². The number of nitrogens with one attached hydrogen (secondary N) is 1. The summed E-state index contributed by atoms with van der Waals surface area (Å²) in [6, 6.07) is 0. The molecule has 0 aliphatic carbocycles. The predicted octanol–water partition coefficient (Wildman–Crippen LogP) is 1.17. The molecule has 0 saturated carbocycles. The van der Waals surface area contributed by atoms with Crippen LogP contribution >= 0.6 is 0 Å². The highest BCUT2D eigenvalue weighted by atomic mass is 28.3. The van der Waals surface area contributed by atoms with Gasteiger partial charge >= 0.3 is 0 Å². The van der Waals surface area contributed by atoms with Crippen molar-refractivity contribution in [2.24, 2.45) is 0 Å². The lowest BCUT2D eigenvalue weighted by Crippen LogP contribution is -2.08. The average molecular weight is 171 g/mol. The lowest BCUT2D eigenvalue weighted by molar-refractivity contribution is 1.62. The molecule has 0 aromatic heterocycles. The van der Waals surface area contributed by atoms with Crippen molar-refractivity contribution in [1.82, 2.24) is 4.65 Å². The molecule has 1 N–H and O–H groups in total. The average Bonchev–Trinajstić information content (AvgIpc) is 1.37. The maximum absolute atomic E-state index is 3.21. The van der Waals surface area contributed by atoms with Crippen molar-refractivity contribution in [1.29, 1.82) is 0 Å². The molecule has 0 radical (unpaired) electrons. The molecule has 3 heteroatoms. The summed E-state index contributed by atoms with van der Waals surface area (Å²) in [4.78, 5) is 0. The summed E-state index contributed by atoms with van der Waals surface area (Å²) in [5.74, 6) is 0. The Hall–Kier alpha value is 0.394. The molecule has 0 rings (SSSR count). The van der Waals surface area contributed by atoms with Gasteiger partial charge in [-0.3, -0.25) is 0 Å². The Morgan fingerprint density at radius 1 is 1.00 bits per heavy atom. The molecular weight excluding hydrogens is 142 g/mol. The topological polar surface area (TPSA) is 12.0 Å². The van der Waals surface area contributed by atoms with Gasteiger partial charge in [-0.15, -0.1) is 0 Å². The van der Waals surface area contributed by atoms with E-state index in [1.165, 1.54) is 10.4 Å². The van der Waals surface area contributed by atoms with Crippen LogP contribution in [0.3, 0.4) is 0 Å². The van der Waals surface area contributed by atoms with Gasteiger partial charge < -0.3 is 4.65 Å². The van der Waals surface area contributed by atoms with Crippen molar-refractivity contribution < 1.29 is 0 Å². The maximum Gasteiger partial charge on any atom is 0.0811 e. The Balaban J connectivity index is -0.00000000450. The lowest BCUT2D eigenvalue weighted by Gasteiger charge is -1.74. The molecule has 66 valence electrons. The van der Waals surface area contributed by atoms with E-state index in [0.29, 0.717) is 0 Å². The lowest BCUT2D eigenvalue weighted by atomic mass is 11.9. The van der Waals surface area contributed by atoms with E-state index in [1.807, 2.05) is 0 Å². The first-order valence-corrected chi connectivity index (χ1v) is 4.68. The van der Waals surface area contributed by atoms with E-state index < -0.39 is 0 Å². The van der Waals surface area contributed by atoms with Crippen LogP contribution in [0, 0.1) is 0 Å². The Morgan fingerprint density at radius 3 is 1.11 bits per heavy atom. The highest BCUT2D eigenvalue weighted by molar-refractivity contribution is 6.40. The predicted molar refractivity (Wildman–Crippen MR) is 61.1 cm³/mol. The molecule has 0 aromatic rings. The zero-order chi connectivity index (χ0) is 3.41. The van der Waals surface area contributed by atoms with Gasteiger partial charge in [-0.05, 0) is 0 Å². The van der Waals surface area contributed by atoms with E-state index >= 15 is 0 Å². The van der Waals surface area contributed by atoms with Crippen molar-refractivity contribution in [2.45, 2.75) is 43.7 Å². The van der Waals surface area contributed by atoms with Crippen molar-refractivity contribution in [2.75, 3.05) is 0 Å². The van der Waals surface area contributed by atoms with E-state index in [0.717, 1.165) is 0 Å². The van der Waals surface area contributed by atoms with Crippen LogP contribution in [0.4, 0.5) is 0 Å². The second-order valence-electron chi connectivity index (χ2n) is 0.707. The van der Waals surface area contributed by atoms with E-state index in [1.54, 1.807) is 0 Å². The first kappa shape index (κ1) is 57.5. The zero-order valence-corrected chi connectivity index (χ0v) is 6.62. The van der Waals surface area contributed by atoms with E-state index in [9.17, 15) is 0 Å². The normalized spacial score (nSPS) is 5.00.